The Morgan fingerprint density at radius 3 is 2.62 bits per heavy atom. The molecular weight excluding hydrogens is 268 g/mol. The molecule has 104 valence electrons. The normalized spacial score (nSPS) is 19.3. The Labute approximate surface area is 127 Å². The SMILES string of the molecule is C[Si](C)(C1=CCc2ccccc21)C1C=Cc2ccccc21. The van der Waals surface area contributed by atoms with Gasteiger partial charge in [0.05, 0.1) is 8.07 Å². The van der Waals surface area contributed by atoms with E-state index in [1.54, 1.807) is 5.20 Å². The van der Waals surface area contributed by atoms with Crippen molar-refractivity contribution in [2.24, 2.45) is 0 Å². The van der Waals surface area contributed by atoms with Gasteiger partial charge in [0.25, 0.3) is 0 Å². The minimum Gasteiger partial charge on any atom is -0.0802 e. The van der Waals surface area contributed by atoms with Crippen LogP contribution in [0.1, 0.15) is 27.8 Å². The van der Waals surface area contributed by atoms with E-state index in [-0.39, 0.29) is 0 Å². The van der Waals surface area contributed by atoms with Crippen LogP contribution in [0.15, 0.2) is 60.7 Å². The smallest absolute Gasteiger partial charge is 0.0802 e. The summed E-state index contributed by atoms with van der Waals surface area (Å²) in [7, 11) is -1.57. The highest BCUT2D eigenvalue weighted by atomic mass is 28.3. The Kier molecular flexibility index (Phi) is 2.80. The van der Waals surface area contributed by atoms with Gasteiger partial charge in [0.15, 0.2) is 0 Å². The highest BCUT2D eigenvalue weighted by Crippen LogP contribution is 2.45. The Balaban J connectivity index is 1.78. The molecule has 0 aliphatic heterocycles. The van der Waals surface area contributed by atoms with Gasteiger partial charge in [-0.25, -0.2) is 0 Å². The lowest BCUT2D eigenvalue weighted by molar-refractivity contribution is 1.18. The van der Waals surface area contributed by atoms with Crippen molar-refractivity contribution in [2.45, 2.75) is 25.1 Å². The van der Waals surface area contributed by atoms with Crippen LogP contribution in [0.4, 0.5) is 0 Å². The molecule has 0 amide bonds. The largest absolute Gasteiger partial charge is 0.0923 e. The van der Waals surface area contributed by atoms with E-state index in [0.29, 0.717) is 5.54 Å². The molecular formula is C20H20Si. The van der Waals surface area contributed by atoms with Crippen molar-refractivity contribution < 1.29 is 0 Å². The first-order valence-corrected chi connectivity index (χ1v) is 10.8. The highest BCUT2D eigenvalue weighted by Gasteiger charge is 2.39. The molecule has 2 aromatic carbocycles. The van der Waals surface area contributed by atoms with Gasteiger partial charge in [-0.2, -0.15) is 0 Å². The van der Waals surface area contributed by atoms with Crippen LogP contribution in [0.3, 0.4) is 0 Å². The third kappa shape index (κ3) is 1.88. The van der Waals surface area contributed by atoms with Gasteiger partial charge >= 0.3 is 0 Å². The van der Waals surface area contributed by atoms with E-state index in [4.69, 9.17) is 0 Å². The van der Waals surface area contributed by atoms with E-state index in [2.05, 4.69) is 79.9 Å². The standard InChI is InChI=1S/C20H20Si/c1-21(2,19-13-11-15-7-3-5-9-17(15)19)20-14-12-16-8-4-6-10-18(16)20/h3-11,13-14,19H,12H2,1-2H3. The maximum Gasteiger partial charge on any atom is 0.0923 e. The first-order chi connectivity index (χ1) is 10.2. The summed E-state index contributed by atoms with van der Waals surface area (Å²) in [5, 5.41) is 1.64. The Morgan fingerprint density at radius 1 is 0.952 bits per heavy atom. The summed E-state index contributed by atoms with van der Waals surface area (Å²) in [4.78, 5) is 0. The van der Waals surface area contributed by atoms with Crippen molar-refractivity contribution >= 4 is 19.3 Å². The second kappa shape index (κ2) is 4.57. The summed E-state index contributed by atoms with van der Waals surface area (Å²) in [5.41, 5.74) is 6.55. The molecule has 0 nitrogen and oxygen atoms in total. The topological polar surface area (TPSA) is 0 Å². The summed E-state index contributed by atoms with van der Waals surface area (Å²) in [6, 6.07) is 17.8. The minimum atomic E-state index is -1.57. The fraction of sp³-hybridized carbons (Fsp3) is 0.200. The Morgan fingerprint density at radius 2 is 1.71 bits per heavy atom. The maximum atomic E-state index is 2.53. The molecule has 2 aromatic rings. The fourth-order valence-corrected chi connectivity index (χ4v) is 7.46. The molecule has 2 aliphatic rings. The molecule has 0 bridgehead atoms. The number of hydrogen-bond donors (Lipinski definition) is 0. The third-order valence-corrected chi connectivity index (χ3v) is 9.02. The van der Waals surface area contributed by atoms with Crippen molar-refractivity contribution in [3.05, 3.63) is 82.9 Å². The third-order valence-electron chi connectivity index (χ3n) is 5.10. The van der Waals surface area contributed by atoms with Crippen LogP contribution in [0.5, 0.6) is 0 Å². The predicted octanol–water partition coefficient (Wildman–Crippen LogP) is 5.22. The van der Waals surface area contributed by atoms with E-state index in [1.807, 2.05) is 0 Å². The van der Waals surface area contributed by atoms with E-state index in [9.17, 15) is 0 Å². The van der Waals surface area contributed by atoms with Crippen LogP contribution < -0.4 is 0 Å². The van der Waals surface area contributed by atoms with Gasteiger partial charge in [-0.1, -0.05) is 85.0 Å². The molecule has 4 rings (SSSR count). The number of fused-ring (bicyclic) bond motifs is 2. The van der Waals surface area contributed by atoms with Crippen molar-refractivity contribution in [3.63, 3.8) is 0 Å². The summed E-state index contributed by atoms with van der Waals surface area (Å²) in [6.45, 7) is 5.05. The van der Waals surface area contributed by atoms with Crippen LogP contribution >= 0.6 is 0 Å². The predicted molar refractivity (Wildman–Crippen MR) is 93.8 cm³/mol. The summed E-state index contributed by atoms with van der Waals surface area (Å²) in [5.74, 6) is 0. The van der Waals surface area contributed by atoms with Crippen LogP contribution in [0, 0.1) is 0 Å². The van der Waals surface area contributed by atoms with Crippen LogP contribution in [-0.4, -0.2) is 8.07 Å². The van der Waals surface area contributed by atoms with Gasteiger partial charge in [-0.3, -0.25) is 0 Å². The first kappa shape index (κ1) is 12.8. The molecule has 0 heterocycles. The zero-order valence-corrected chi connectivity index (χ0v) is 13.6. The molecule has 0 saturated heterocycles. The van der Waals surface area contributed by atoms with Gasteiger partial charge in [0.2, 0.25) is 0 Å². The molecule has 2 aliphatic carbocycles. The van der Waals surface area contributed by atoms with Crippen LogP contribution in [0.25, 0.3) is 11.3 Å². The zero-order chi connectivity index (χ0) is 14.4. The monoisotopic (exact) mass is 288 g/mol. The van der Waals surface area contributed by atoms with E-state index >= 15 is 0 Å². The van der Waals surface area contributed by atoms with Crippen LogP contribution in [0.2, 0.25) is 13.1 Å². The van der Waals surface area contributed by atoms with Gasteiger partial charge < -0.3 is 0 Å². The molecule has 1 atom stereocenters. The van der Waals surface area contributed by atoms with Gasteiger partial charge in [0, 0.05) is 5.54 Å². The Bertz CT molecular complexity index is 765. The second-order valence-electron chi connectivity index (χ2n) is 6.67. The lowest BCUT2D eigenvalue weighted by Crippen LogP contribution is -2.35. The molecule has 0 aromatic heterocycles. The maximum absolute atomic E-state index is 2.53. The van der Waals surface area contributed by atoms with E-state index < -0.39 is 8.07 Å². The molecule has 0 saturated carbocycles. The lowest BCUT2D eigenvalue weighted by Gasteiger charge is -2.32. The van der Waals surface area contributed by atoms with Crippen molar-refractivity contribution in [1.29, 1.82) is 0 Å². The minimum absolute atomic E-state index is 0.603. The molecule has 0 spiro atoms. The lowest BCUT2D eigenvalue weighted by atomic mass is 10.1. The average Bonchev–Trinajstić information content (AvgIpc) is 3.12. The fourth-order valence-electron chi connectivity index (χ4n) is 3.94. The van der Waals surface area contributed by atoms with Crippen molar-refractivity contribution in [3.8, 4) is 0 Å². The summed E-state index contributed by atoms with van der Waals surface area (Å²) in [6.07, 6.45) is 8.36. The molecule has 1 heteroatoms. The first-order valence-electron chi connectivity index (χ1n) is 7.74. The molecule has 0 N–H and O–H groups in total. The summed E-state index contributed by atoms with van der Waals surface area (Å²) >= 11 is 0. The highest BCUT2D eigenvalue weighted by molar-refractivity contribution is 6.96. The average molecular weight is 288 g/mol. The number of allylic oxidation sites excluding steroid dienone is 2. The Hall–Kier alpha value is -1.86. The molecule has 1 unspecified atom stereocenters. The molecule has 0 radical (unpaired) electrons. The zero-order valence-electron chi connectivity index (χ0n) is 12.6. The van der Waals surface area contributed by atoms with Gasteiger partial charge in [-0.05, 0) is 28.7 Å². The van der Waals surface area contributed by atoms with Crippen molar-refractivity contribution in [2.75, 3.05) is 0 Å². The molecule has 21 heavy (non-hydrogen) atoms. The second-order valence-corrected chi connectivity index (χ2v) is 11.3. The van der Waals surface area contributed by atoms with Gasteiger partial charge in [0.1, 0.15) is 0 Å². The van der Waals surface area contributed by atoms with E-state index in [0.717, 1.165) is 6.42 Å². The van der Waals surface area contributed by atoms with Gasteiger partial charge in [-0.15, -0.1) is 0 Å². The molecule has 0 fully saturated rings. The van der Waals surface area contributed by atoms with Crippen molar-refractivity contribution in [1.82, 2.24) is 0 Å². The van der Waals surface area contributed by atoms with E-state index in [1.165, 1.54) is 22.3 Å². The quantitative estimate of drug-likeness (QED) is 0.664. The van der Waals surface area contributed by atoms with Crippen LogP contribution in [-0.2, 0) is 6.42 Å². The number of rotatable bonds is 2. The number of benzene rings is 2. The summed E-state index contributed by atoms with van der Waals surface area (Å²) < 4.78 is 0. The number of hydrogen-bond acceptors (Lipinski definition) is 0.